The number of amides is 1. The molecular weight excluding hydrogens is 382 g/mol. The molecule has 0 spiro atoms. The highest BCUT2D eigenvalue weighted by molar-refractivity contribution is 7.09. The molecule has 0 radical (unpaired) electrons. The maximum absolute atomic E-state index is 12.9. The summed E-state index contributed by atoms with van der Waals surface area (Å²) in [5.74, 6) is 0.362. The molecule has 150 valence electrons. The predicted octanol–water partition coefficient (Wildman–Crippen LogP) is 5.00. The summed E-state index contributed by atoms with van der Waals surface area (Å²) >= 11 is 1.34. The van der Waals surface area contributed by atoms with Gasteiger partial charge in [0.15, 0.2) is 0 Å². The monoisotopic (exact) mass is 405 g/mol. The van der Waals surface area contributed by atoms with Gasteiger partial charge in [0.05, 0.1) is 23.6 Å². The molecule has 0 saturated carbocycles. The summed E-state index contributed by atoms with van der Waals surface area (Å²) in [5.41, 5.74) is 1.30. The molecular formula is C19H23N3O5S. The first-order valence-corrected chi connectivity index (χ1v) is 9.48. The summed E-state index contributed by atoms with van der Waals surface area (Å²) in [6.45, 7) is 11.3. The van der Waals surface area contributed by atoms with Gasteiger partial charge in [-0.3, -0.25) is 20.0 Å². The Morgan fingerprint density at radius 3 is 2.64 bits per heavy atom. The van der Waals surface area contributed by atoms with Crippen LogP contribution in [0.4, 0.5) is 16.2 Å². The minimum absolute atomic E-state index is 0.0883. The second-order valence-corrected chi connectivity index (χ2v) is 7.82. The van der Waals surface area contributed by atoms with E-state index in [1.807, 2.05) is 6.92 Å². The molecule has 0 fully saturated rings. The van der Waals surface area contributed by atoms with Crippen LogP contribution in [-0.2, 0) is 16.0 Å². The second-order valence-electron chi connectivity index (χ2n) is 6.85. The van der Waals surface area contributed by atoms with Crippen molar-refractivity contribution in [2.75, 3.05) is 11.5 Å². The number of thiazole rings is 1. The fourth-order valence-corrected chi connectivity index (χ4v) is 2.95. The van der Waals surface area contributed by atoms with Crippen LogP contribution in [0.1, 0.15) is 38.1 Å². The van der Waals surface area contributed by atoms with E-state index in [1.54, 1.807) is 38.5 Å². The summed E-state index contributed by atoms with van der Waals surface area (Å²) in [6.07, 6.45) is 0.916. The van der Waals surface area contributed by atoms with Gasteiger partial charge in [-0.05, 0) is 39.8 Å². The second kappa shape index (κ2) is 8.83. The lowest BCUT2D eigenvalue weighted by Crippen LogP contribution is -2.36. The Morgan fingerprint density at radius 2 is 2.11 bits per heavy atom. The SMILES string of the molecule is C=C(OCC)c1ccc([N+](=O)[O-])c(N(Cc2cncs2)C(=O)OC(C)(C)C)c1. The largest absolute Gasteiger partial charge is 0.494 e. The number of benzene rings is 1. The summed E-state index contributed by atoms with van der Waals surface area (Å²) < 4.78 is 10.9. The van der Waals surface area contributed by atoms with Crippen LogP contribution in [0.3, 0.4) is 0 Å². The van der Waals surface area contributed by atoms with Crippen molar-refractivity contribution in [1.82, 2.24) is 4.98 Å². The molecule has 1 heterocycles. The predicted molar refractivity (Wildman–Crippen MR) is 108 cm³/mol. The van der Waals surface area contributed by atoms with Crippen molar-refractivity contribution in [2.24, 2.45) is 0 Å². The van der Waals surface area contributed by atoms with Crippen LogP contribution in [0.15, 0.2) is 36.5 Å². The molecule has 1 aromatic carbocycles. The van der Waals surface area contributed by atoms with Crippen LogP contribution in [-0.4, -0.2) is 28.2 Å². The number of hydrogen-bond acceptors (Lipinski definition) is 7. The number of rotatable bonds is 7. The number of nitrogens with zero attached hydrogens (tertiary/aromatic N) is 3. The van der Waals surface area contributed by atoms with E-state index >= 15 is 0 Å². The van der Waals surface area contributed by atoms with Gasteiger partial charge in [-0.2, -0.15) is 0 Å². The summed E-state index contributed by atoms with van der Waals surface area (Å²) in [4.78, 5) is 29.9. The molecule has 9 heteroatoms. The highest BCUT2D eigenvalue weighted by atomic mass is 32.1. The Labute approximate surface area is 167 Å². The number of nitro benzene ring substituents is 1. The Hall–Kier alpha value is -2.94. The van der Waals surface area contributed by atoms with Crippen LogP contribution in [0.25, 0.3) is 5.76 Å². The van der Waals surface area contributed by atoms with Crippen LogP contribution < -0.4 is 4.90 Å². The molecule has 0 aliphatic carbocycles. The first kappa shape index (κ1) is 21.4. The highest BCUT2D eigenvalue weighted by Crippen LogP contribution is 2.34. The van der Waals surface area contributed by atoms with Crippen molar-refractivity contribution in [3.05, 3.63) is 57.0 Å². The van der Waals surface area contributed by atoms with Gasteiger partial charge in [0.1, 0.15) is 17.0 Å². The molecule has 0 N–H and O–H groups in total. The zero-order chi connectivity index (χ0) is 20.9. The van der Waals surface area contributed by atoms with Gasteiger partial charge in [0, 0.05) is 22.7 Å². The summed E-state index contributed by atoms with van der Waals surface area (Å²) in [7, 11) is 0. The molecule has 1 amide bonds. The van der Waals surface area contributed by atoms with E-state index in [4.69, 9.17) is 9.47 Å². The van der Waals surface area contributed by atoms with E-state index < -0.39 is 16.6 Å². The number of carbonyl (C=O) groups is 1. The fraction of sp³-hybridized carbons (Fsp3) is 0.368. The van der Waals surface area contributed by atoms with Crippen LogP contribution in [0, 0.1) is 10.1 Å². The average molecular weight is 405 g/mol. The number of nitro groups is 1. The van der Waals surface area contributed by atoms with Crippen molar-refractivity contribution in [3.63, 3.8) is 0 Å². The van der Waals surface area contributed by atoms with E-state index in [-0.39, 0.29) is 17.9 Å². The van der Waals surface area contributed by atoms with Crippen LogP contribution in [0.2, 0.25) is 0 Å². The molecule has 0 unspecified atom stereocenters. The third kappa shape index (κ3) is 5.53. The highest BCUT2D eigenvalue weighted by Gasteiger charge is 2.30. The molecule has 28 heavy (non-hydrogen) atoms. The van der Waals surface area contributed by atoms with Gasteiger partial charge < -0.3 is 9.47 Å². The van der Waals surface area contributed by atoms with Crippen molar-refractivity contribution in [3.8, 4) is 0 Å². The topological polar surface area (TPSA) is 94.8 Å². The molecule has 0 atom stereocenters. The average Bonchev–Trinajstić information content (AvgIpc) is 3.11. The Kier molecular flexibility index (Phi) is 6.74. The van der Waals surface area contributed by atoms with E-state index in [0.717, 1.165) is 4.88 Å². The molecule has 0 bridgehead atoms. The normalized spacial score (nSPS) is 11.0. The van der Waals surface area contributed by atoms with Gasteiger partial charge in [0.2, 0.25) is 0 Å². The van der Waals surface area contributed by atoms with Crippen LogP contribution >= 0.6 is 11.3 Å². The Bertz CT molecular complexity index is 859. The zero-order valence-electron chi connectivity index (χ0n) is 16.3. The molecule has 2 rings (SSSR count). The van der Waals surface area contributed by atoms with Gasteiger partial charge in [-0.1, -0.05) is 6.58 Å². The first-order chi connectivity index (χ1) is 13.1. The fourth-order valence-electron chi connectivity index (χ4n) is 2.37. The first-order valence-electron chi connectivity index (χ1n) is 8.60. The van der Waals surface area contributed by atoms with Gasteiger partial charge >= 0.3 is 6.09 Å². The smallest absolute Gasteiger partial charge is 0.415 e. The summed E-state index contributed by atoms with van der Waals surface area (Å²) in [5, 5.41) is 11.6. The molecule has 0 aliphatic heterocycles. The lowest BCUT2D eigenvalue weighted by molar-refractivity contribution is -0.384. The van der Waals surface area contributed by atoms with E-state index in [0.29, 0.717) is 17.9 Å². The third-order valence-corrected chi connectivity index (χ3v) is 4.28. The van der Waals surface area contributed by atoms with Crippen molar-refractivity contribution in [2.45, 2.75) is 39.8 Å². The minimum Gasteiger partial charge on any atom is -0.494 e. The molecule has 0 aliphatic rings. The van der Waals surface area contributed by atoms with E-state index in [2.05, 4.69) is 11.6 Å². The lowest BCUT2D eigenvalue weighted by atomic mass is 10.1. The zero-order valence-corrected chi connectivity index (χ0v) is 17.1. The number of anilines is 1. The van der Waals surface area contributed by atoms with Gasteiger partial charge in [-0.25, -0.2) is 4.79 Å². The standard InChI is InChI=1S/C19H23N3O5S/c1-6-26-13(2)14-7-8-16(22(24)25)17(9-14)21(11-15-10-20-12-28-15)18(23)27-19(3,4)5/h7-10,12H,2,6,11H2,1,3-5H3. The lowest BCUT2D eigenvalue weighted by Gasteiger charge is -2.27. The van der Waals surface area contributed by atoms with Crippen molar-refractivity contribution in [1.29, 1.82) is 0 Å². The van der Waals surface area contributed by atoms with Crippen molar-refractivity contribution < 1.29 is 19.2 Å². The number of ether oxygens (including phenoxy) is 2. The third-order valence-electron chi connectivity index (χ3n) is 3.51. The minimum atomic E-state index is -0.760. The molecule has 0 saturated heterocycles. The Balaban J connectivity index is 2.55. The van der Waals surface area contributed by atoms with Gasteiger partial charge in [-0.15, -0.1) is 11.3 Å². The molecule has 8 nitrogen and oxygen atoms in total. The van der Waals surface area contributed by atoms with Crippen LogP contribution in [0.5, 0.6) is 0 Å². The molecule has 2 aromatic rings. The van der Waals surface area contributed by atoms with Gasteiger partial charge in [0.25, 0.3) is 5.69 Å². The maximum atomic E-state index is 12.9. The Morgan fingerprint density at radius 1 is 1.39 bits per heavy atom. The summed E-state index contributed by atoms with van der Waals surface area (Å²) in [6, 6.07) is 4.39. The number of hydrogen-bond donors (Lipinski definition) is 0. The van der Waals surface area contributed by atoms with E-state index in [9.17, 15) is 14.9 Å². The number of carbonyl (C=O) groups excluding carboxylic acids is 1. The quantitative estimate of drug-likeness (QED) is 0.365. The van der Waals surface area contributed by atoms with Crippen molar-refractivity contribution >= 4 is 34.6 Å². The van der Waals surface area contributed by atoms with E-state index in [1.165, 1.54) is 28.4 Å². The maximum Gasteiger partial charge on any atom is 0.415 e. The number of aromatic nitrogens is 1. The molecule has 1 aromatic heterocycles.